The Bertz CT molecular complexity index is 879. The standard InChI is InChI=1S/C18H18N6OS/c19-18(21-12-14-9-5-2-6-10-14)22-16-15(23-26-24-16)17(25)20-11-13-7-3-1-4-8-13/h1-10H,11-12H2,(H,20,25)(H3,19,21,22,24). The van der Waals surface area contributed by atoms with Crippen molar-refractivity contribution in [2.45, 2.75) is 13.1 Å². The zero-order valence-corrected chi connectivity index (χ0v) is 14.7. The lowest BCUT2D eigenvalue weighted by atomic mass is 10.2. The molecule has 0 radical (unpaired) electrons. The van der Waals surface area contributed by atoms with E-state index in [4.69, 9.17) is 5.73 Å². The van der Waals surface area contributed by atoms with Crippen LogP contribution in [0.3, 0.4) is 0 Å². The molecule has 0 spiro atoms. The van der Waals surface area contributed by atoms with Crippen molar-refractivity contribution in [2.75, 3.05) is 5.32 Å². The summed E-state index contributed by atoms with van der Waals surface area (Å²) in [6.07, 6.45) is 0. The summed E-state index contributed by atoms with van der Waals surface area (Å²) in [7, 11) is 0. The summed E-state index contributed by atoms with van der Waals surface area (Å²) in [5.74, 6) is 0.162. The molecule has 1 amide bonds. The molecule has 0 bridgehead atoms. The van der Waals surface area contributed by atoms with Crippen molar-refractivity contribution in [3.63, 3.8) is 0 Å². The van der Waals surface area contributed by atoms with Crippen molar-refractivity contribution in [3.05, 3.63) is 77.5 Å². The van der Waals surface area contributed by atoms with Gasteiger partial charge in [-0.1, -0.05) is 60.7 Å². The van der Waals surface area contributed by atoms with Gasteiger partial charge in [-0.3, -0.25) is 4.79 Å². The molecular formula is C18H18N6OS. The summed E-state index contributed by atoms with van der Waals surface area (Å²) in [5.41, 5.74) is 8.13. The lowest BCUT2D eigenvalue weighted by Crippen LogP contribution is -2.27. The second kappa shape index (κ2) is 8.72. The molecular weight excluding hydrogens is 348 g/mol. The van der Waals surface area contributed by atoms with Gasteiger partial charge in [0, 0.05) is 6.54 Å². The van der Waals surface area contributed by atoms with E-state index < -0.39 is 0 Å². The van der Waals surface area contributed by atoms with Crippen LogP contribution in [0.15, 0.2) is 65.7 Å². The Balaban J connectivity index is 1.59. The minimum Gasteiger partial charge on any atom is -0.370 e. The molecule has 26 heavy (non-hydrogen) atoms. The summed E-state index contributed by atoms with van der Waals surface area (Å²) >= 11 is 0.939. The number of anilines is 1. The van der Waals surface area contributed by atoms with Crippen LogP contribution in [0.25, 0.3) is 0 Å². The zero-order chi connectivity index (χ0) is 18.2. The van der Waals surface area contributed by atoms with Crippen molar-refractivity contribution in [2.24, 2.45) is 10.7 Å². The molecule has 8 heteroatoms. The van der Waals surface area contributed by atoms with Gasteiger partial charge in [-0.2, -0.15) is 8.75 Å². The van der Waals surface area contributed by atoms with Crippen LogP contribution in [0.5, 0.6) is 0 Å². The van der Waals surface area contributed by atoms with Crippen molar-refractivity contribution in [1.29, 1.82) is 0 Å². The van der Waals surface area contributed by atoms with Crippen LogP contribution >= 0.6 is 11.7 Å². The predicted octanol–water partition coefficient (Wildman–Crippen LogP) is 2.39. The molecule has 0 saturated carbocycles. The number of rotatable bonds is 6. The third-order valence-electron chi connectivity index (χ3n) is 3.52. The SMILES string of the molecule is NC(=NCc1ccccc1)Nc1nsnc1C(=O)NCc1ccccc1. The molecule has 7 nitrogen and oxygen atoms in total. The minimum absolute atomic E-state index is 0.179. The van der Waals surface area contributed by atoms with E-state index in [9.17, 15) is 4.79 Å². The fraction of sp³-hybridized carbons (Fsp3) is 0.111. The fourth-order valence-corrected chi connectivity index (χ4v) is 2.71. The topological polar surface area (TPSA) is 105 Å². The molecule has 0 aliphatic heterocycles. The number of hydrogen-bond donors (Lipinski definition) is 3. The van der Waals surface area contributed by atoms with E-state index in [-0.39, 0.29) is 17.6 Å². The number of nitrogens with zero attached hydrogens (tertiary/aromatic N) is 3. The Morgan fingerprint density at radius 1 is 1.00 bits per heavy atom. The molecule has 132 valence electrons. The third kappa shape index (κ3) is 4.87. The smallest absolute Gasteiger partial charge is 0.275 e. The molecule has 3 aromatic rings. The molecule has 0 unspecified atom stereocenters. The molecule has 1 heterocycles. The van der Waals surface area contributed by atoms with E-state index in [0.717, 1.165) is 22.9 Å². The van der Waals surface area contributed by atoms with Gasteiger partial charge in [-0.25, -0.2) is 4.99 Å². The first-order valence-corrected chi connectivity index (χ1v) is 8.71. The Morgan fingerprint density at radius 2 is 1.65 bits per heavy atom. The van der Waals surface area contributed by atoms with Gasteiger partial charge < -0.3 is 16.4 Å². The maximum Gasteiger partial charge on any atom is 0.275 e. The van der Waals surface area contributed by atoms with E-state index in [1.54, 1.807) is 0 Å². The summed E-state index contributed by atoms with van der Waals surface area (Å²) < 4.78 is 8.13. The van der Waals surface area contributed by atoms with Gasteiger partial charge >= 0.3 is 0 Å². The first-order chi connectivity index (χ1) is 12.7. The Hall–Kier alpha value is -3.26. The number of nitrogens with two attached hydrogens (primary N) is 1. The molecule has 2 aromatic carbocycles. The van der Waals surface area contributed by atoms with Gasteiger partial charge in [0.25, 0.3) is 5.91 Å². The monoisotopic (exact) mass is 366 g/mol. The average Bonchev–Trinajstić information content (AvgIpc) is 3.14. The second-order valence-electron chi connectivity index (χ2n) is 5.44. The maximum atomic E-state index is 12.3. The van der Waals surface area contributed by atoms with Gasteiger partial charge in [-0.05, 0) is 11.1 Å². The fourth-order valence-electron chi connectivity index (χ4n) is 2.20. The number of guanidine groups is 1. The van der Waals surface area contributed by atoms with Crippen molar-refractivity contribution in [3.8, 4) is 0 Å². The molecule has 0 aliphatic rings. The molecule has 1 aromatic heterocycles. The second-order valence-corrected chi connectivity index (χ2v) is 5.97. The number of hydrogen-bond acceptors (Lipinski definition) is 5. The average molecular weight is 366 g/mol. The maximum absolute atomic E-state index is 12.3. The summed E-state index contributed by atoms with van der Waals surface area (Å²) in [6.45, 7) is 0.848. The number of aliphatic imine (C=N–C) groups is 1. The van der Waals surface area contributed by atoms with Gasteiger partial charge in [0.2, 0.25) is 0 Å². The quantitative estimate of drug-likeness (QED) is 0.459. The van der Waals surface area contributed by atoms with Crippen LogP contribution in [0.2, 0.25) is 0 Å². The number of benzene rings is 2. The Morgan fingerprint density at radius 3 is 2.35 bits per heavy atom. The van der Waals surface area contributed by atoms with E-state index in [1.165, 1.54) is 0 Å². The molecule has 0 aliphatic carbocycles. The molecule has 0 atom stereocenters. The number of carbonyl (C=O) groups is 1. The zero-order valence-electron chi connectivity index (χ0n) is 13.9. The predicted molar refractivity (Wildman–Crippen MR) is 103 cm³/mol. The molecule has 4 N–H and O–H groups in total. The Kier molecular flexibility index (Phi) is 5.89. The minimum atomic E-state index is -0.319. The number of nitrogens with one attached hydrogen (secondary N) is 2. The van der Waals surface area contributed by atoms with Crippen LogP contribution in [-0.4, -0.2) is 20.6 Å². The van der Waals surface area contributed by atoms with E-state index >= 15 is 0 Å². The van der Waals surface area contributed by atoms with Gasteiger partial charge in [0.1, 0.15) is 0 Å². The highest BCUT2D eigenvalue weighted by Gasteiger charge is 2.17. The number of aromatic nitrogens is 2. The van der Waals surface area contributed by atoms with E-state index in [2.05, 4.69) is 24.4 Å². The lowest BCUT2D eigenvalue weighted by Gasteiger charge is -2.06. The molecule has 0 fully saturated rings. The van der Waals surface area contributed by atoms with Gasteiger partial charge in [-0.15, -0.1) is 0 Å². The molecule has 0 saturated heterocycles. The highest BCUT2D eigenvalue weighted by molar-refractivity contribution is 6.99. The summed E-state index contributed by atoms with van der Waals surface area (Å²) in [5, 5.41) is 5.66. The summed E-state index contributed by atoms with van der Waals surface area (Å²) in [6, 6.07) is 19.4. The first kappa shape index (κ1) is 17.6. The Labute approximate surface area is 155 Å². The van der Waals surface area contributed by atoms with Crippen LogP contribution in [0, 0.1) is 0 Å². The van der Waals surface area contributed by atoms with Gasteiger partial charge in [0.15, 0.2) is 17.5 Å². The van der Waals surface area contributed by atoms with Gasteiger partial charge in [0.05, 0.1) is 18.3 Å². The number of amides is 1. The normalized spacial score (nSPS) is 11.2. The highest BCUT2D eigenvalue weighted by Crippen LogP contribution is 2.12. The largest absolute Gasteiger partial charge is 0.370 e. The first-order valence-electron chi connectivity index (χ1n) is 7.98. The third-order valence-corrected chi connectivity index (χ3v) is 4.05. The van der Waals surface area contributed by atoms with Crippen LogP contribution in [0.1, 0.15) is 21.6 Å². The number of carbonyl (C=O) groups excluding carboxylic acids is 1. The van der Waals surface area contributed by atoms with Crippen molar-refractivity contribution >= 4 is 29.4 Å². The lowest BCUT2D eigenvalue weighted by molar-refractivity contribution is 0.0948. The summed E-state index contributed by atoms with van der Waals surface area (Å²) in [4.78, 5) is 16.6. The van der Waals surface area contributed by atoms with Crippen molar-refractivity contribution < 1.29 is 4.79 Å². The molecule has 3 rings (SSSR count). The highest BCUT2D eigenvalue weighted by atomic mass is 32.1. The van der Waals surface area contributed by atoms with Crippen LogP contribution < -0.4 is 16.4 Å². The van der Waals surface area contributed by atoms with Crippen LogP contribution in [-0.2, 0) is 13.1 Å². The van der Waals surface area contributed by atoms with E-state index in [0.29, 0.717) is 18.9 Å². The van der Waals surface area contributed by atoms with Crippen LogP contribution in [0.4, 0.5) is 5.82 Å². The van der Waals surface area contributed by atoms with E-state index in [1.807, 2.05) is 60.7 Å². The van der Waals surface area contributed by atoms with Crippen molar-refractivity contribution in [1.82, 2.24) is 14.1 Å².